The zero-order valence-electron chi connectivity index (χ0n) is 21.1. The summed E-state index contributed by atoms with van der Waals surface area (Å²) in [6.45, 7) is 2.30. The highest BCUT2D eigenvalue weighted by atomic mass is 35.5. The molecule has 1 fully saturated rings. The Labute approximate surface area is 231 Å². The molecule has 1 saturated carbocycles. The van der Waals surface area contributed by atoms with Gasteiger partial charge in [0, 0.05) is 24.5 Å². The molecule has 5 rings (SSSR count). The molecular formula is C30H29Cl2N3O3. The molecule has 0 unspecified atom stereocenters. The molecule has 2 aromatic carbocycles. The van der Waals surface area contributed by atoms with Crippen LogP contribution >= 0.6 is 23.2 Å². The van der Waals surface area contributed by atoms with Crippen molar-refractivity contribution in [2.75, 3.05) is 11.9 Å². The van der Waals surface area contributed by atoms with Crippen molar-refractivity contribution in [3.05, 3.63) is 88.3 Å². The number of nitrogens with zero attached hydrogens (tertiary/aromatic N) is 2. The standard InChI is InChI=1S/C30H29Cl2N3O3/c1-2-38-29(36)15-19-3-5-20(6-4-19)21-7-9-22(10-8-21)23-11-14-28-34-27(18-35(28)17-23)30(37)33-24-12-13-25(31)26(32)16-24/h7-14,16-20H,2-6,15H2,1H3,(H,33,37)/t19-,20-. The highest BCUT2D eigenvalue weighted by Crippen LogP contribution is 2.38. The van der Waals surface area contributed by atoms with Gasteiger partial charge in [0.15, 0.2) is 0 Å². The van der Waals surface area contributed by atoms with Crippen LogP contribution in [0.1, 0.15) is 61.0 Å². The number of pyridine rings is 1. The number of ether oxygens (including phenoxy) is 1. The highest BCUT2D eigenvalue weighted by molar-refractivity contribution is 6.42. The van der Waals surface area contributed by atoms with Crippen LogP contribution in [0.4, 0.5) is 5.69 Å². The summed E-state index contributed by atoms with van der Waals surface area (Å²) in [5.74, 6) is 0.557. The summed E-state index contributed by atoms with van der Waals surface area (Å²) in [6, 6.07) is 17.6. The van der Waals surface area contributed by atoms with Gasteiger partial charge >= 0.3 is 5.97 Å². The van der Waals surface area contributed by atoms with E-state index in [0.29, 0.717) is 51.9 Å². The van der Waals surface area contributed by atoms with Crippen LogP contribution in [-0.2, 0) is 9.53 Å². The second kappa shape index (κ2) is 11.6. The first-order chi connectivity index (χ1) is 18.4. The normalized spacial score (nSPS) is 17.3. The second-order valence-corrected chi connectivity index (χ2v) is 10.6. The average Bonchev–Trinajstić information content (AvgIpc) is 3.35. The molecule has 6 nitrogen and oxygen atoms in total. The van der Waals surface area contributed by atoms with Crippen molar-refractivity contribution in [2.24, 2.45) is 5.92 Å². The van der Waals surface area contributed by atoms with E-state index in [2.05, 4.69) is 34.6 Å². The first kappa shape index (κ1) is 26.3. The minimum absolute atomic E-state index is 0.0746. The molecule has 2 aromatic heterocycles. The van der Waals surface area contributed by atoms with E-state index in [0.717, 1.165) is 36.8 Å². The second-order valence-electron chi connectivity index (χ2n) is 9.74. The number of anilines is 1. The Bertz CT molecular complexity index is 1460. The summed E-state index contributed by atoms with van der Waals surface area (Å²) in [6.07, 6.45) is 8.54. The van der Waals surface area contributed by atoms with Crippen molar-refractivity contribution >= 4 is 46.4 Å². The zero-order chi connectivity index (χ0) is 26.6. The summed E-state index contributed by atoms with van der Waals surface area (Å²) < 4.78 is 6.97. The minimum Gasteiger partial charge on any atom is -0.466 e. The lowest BCUT2D eigenvalue weighted by Gasteiger charge is -2.28. The Balaban J connectivity index is 1.24. The number of hydrogen-bond donors (Lipinski definition) is 1. The molecule has 0 radical (unpaired) electrons. The maximum Gasteiger partial charge on any atom is 0.306 e. The lowest BCUT2D eigenvalue weighted by atomic mass is 9.77. The highest BCUT2D eigenvalue weighted by Gasteiger charge is 2.24. The van der Waals surface area contributed by atoms with E-state index in [-0.39, 0.29) is 11.9 Å². The largest absolute Gasteiger partial charge is 0.466 e. The smallest absolute Gasteiger partial charge is 0.306 e. The van der Waals surface area contributed by atoms with E-state index >= 15 is 0 Å². The summed E-state index contributed by atoms with van der Waals surface area (Å²) in [7, 11) is 0. The number of rotatable bonds is 7. The molecule has 1 amide bonds. The van der Waals surface area contributed by atoms with Crippen LogP contribution in [0.15, 0.2) is 67.0 Å². The molecule has 0 bridgehead atoms. The van der Waals surface area contributed by atoms with Crippen LogP contribution in [0.25, 0.3) is 16.8 Å². The Morgan fingerprint density at radius 1 is 0.947 bits per heavy atom. The van der Waals surface area contributed by atoms with Gasteiger partial charge in [0.1, 0.15) is 11.3 Å². The Morgan fingerprint density at radius 2 is 1.68 bits per heavy atom. The Hall–Kier alpha value is -3.35. The Morgan fingerprint density at radius 3 is 2.39 bits per heavy atom. The molecule has 0 aliphatic heterocycles. The van der Waals surface area contributed by atoms with Gasteiger partial charge in [-0.05, 0) is 91.5 Å². The quantitative estimate of drug-likeness (QED) is 0.239. The third-order valence-electron chi connectivity index (χ3n) is 7.18. The number of halogens is 2. The molecule has 8 heteroatoms. The molecule has 196 valence electrons. The number of esters is 1. The van der Waals surface area contributed by atoms with Gasteiger partial charge in [-0.15, -0.1) is 0 Å². The lowest BCUT2D eigenvalue weighted by molar-refractivity contribution is -0.144. The number of benzene rings is 2. The third kappa shape index (κ3) is 6.03. The SMILES string of the molecule is CCOC(=O)C[C@H]1CC[C@H](c2ccc(-c3ccc4nc(C(=O)Nc5ccc(Cl)c(Cl)c5)cn4c3)cc2)CC1. The van der Waals surface area contributed by atoms with Gasteiger partial charge in [0.05, 0.1) is 16.7 Å². The molecule has 1 aliphatic carbocycles. The van der Waals surface area contributed by atoms with Gasteiger partial charge < -0.3 is 14.5 Å². The van der Waals surface area contributed by atoms with Crippen LogP contribution in [0, 0.1) is 5.92 Å². The van der Waals surface area contributed by atoms with E-state index in [1.165, 1.54) is 5.56 Å². The zero-order valence-corrected chi connectivity index (χ0v) is 22.6. The predicted molar refractivity (Wildman–Crippen MR) is 151 cm³/mol. The minimum atomic E-state index is -0.324. The van der Waals surface area contributed by atoms with Gasteiger partial charge in [-0.1, -0.05) is 47.5 Å². The van der Waals surface area contributed by atoms with Gasteiger partial charge in [-0.2, -0.15) is 0 Å². The van der Waals surface area contributed by atoms with Crippen LogP contribution in [0.2, 0.25) is 10.0 Å². The van der Waals surface area contributed by atoms with E-state index in [4.69, 9.17) is 27.9 Å². The summed E-state index contributed by atoms with van der Waals surface area (Å²) in [5, 5.41) is 3.61. The van der Waals surface area contributed by atoms with E-state index in [1.807, 2.05) is 29.7 Å². The molecule has 0 saturated heterocycles. The fourth-order valence-electron chi connectivity index (χ4n) is 5.14. The molecule has 38 heavy (non-hydrogen) atoms. The van der Waals surface area contributed by atoms with Gasteiger partial charge in [-0.3, -0.25) is 9.59 Å². The predicted octanol–water partition coefficient (Wildman–Crippen LogP) is 7.79. The number of fused-ring (bicyclic) bond motifs is 1. The van der Waals surface area contributed by atoms with E-state index < -0.39 is 0 Å². The summed E-state index contributed by atoms with van der Waals surface area (Å²) >= 11 is 12.0. The summed E-state index contributed by atoms with van der Waals surface area (Å²) in [4.78, 5) is 29.0. The number of imidazole rings is 1. The molecule has 4 aromatic rings. The molecule has 1 aliphatic rings. The summed E-state index contributed by atoms with van der Waals surface area (Å²) in [5.41, 5.74) is 5.02. The Kier molecular flexibility index (Phi) is 8.01. The third-order valence-corrected chi connectivity index (χ3v) is 7.92. The van der Waals surface area contributed by atoms with Crippen molar-refractivity contribution in [1.29, 1.82) is 0 Å². The first-order valence-corrected chi connectivity index (χ1v) is 13.7. The van der Waals surface area contributed by atoms with Crippen LogP contribution in [0.5, 0.6) is 0 Å². The van der Waals surface area contributed by atoms with Crippen LogP contribution in [0.3, 0.4) is 0 Å². The van der Waals surface area contributed by atoms with Gasteiger partial charge in [-0.25, -0.2) is 4.98 Å². The fraction of sp³-hybridized carbons (Fsp3) is 0.300. The van der Waals surface area contributed by atoms with Crippen molar-refractivity contribution in [3.8, 4) is 11.1 Å². The van der Waals surface area contributed by atoms with Crippen molar-refractivity contribution in [2.45, 2.75) is 44.9 Å². The lowest BCUT2D eigenvalue weighted by Crippen LogP contribution is -2.17. The number of nitrogens with one attached hydrogen (secondary N) is 1. The fourth-order valence-corrected chi connectivity index (χ4v) is 5.44. The monoisotopic (exact) mass is 549 g/mol. The van der Waals surface area contributed by atoms with Crippen molar-refractivity contribution < 1.29 is 14.3 Å². The number of carbonyl (C=O) groups excluding carboxylic acids is 2. The number of aromatic nitrogens is 2. The molecule has 1 N–H and O–H groups in total. The van der Waals surface area contributed by atoms with Crippen molar-refractivity contribution in [1.82, 2.24) is 9.38 Å². The number of carbonyl (C=O) groups is 2. The van der Waals surface area contributed by atoms with Crippen molar-refractivity contribution in [3.63, 3.8) is 0 Å². The molecular weight excluding hydrogens is 521 g/mol. The van der Waals surface area contributed by atoms with E-state index in [9.17, 15) is 9.59 Å². The van der Waals surface area contributed by atoms with Crippen LogP contribution < -0.4 is 5.32 Å². The molecule has 2 heterocycles. The molecule has 0 atom stereocenters. The first-order valence-electron chi connectivity index (χ1n) is 12.9. The maximum atomic E-state index is 12.7. The van der Waals surface area contributed by atoms with Gasteiger partial charge in [0.2, 0.25) is 0 Å². The molecule has 0 spiro atoms. The van der Waals surface area contributed by atoms with Gasteiger partial charge in [0.25, 0.3) is 5.91 Å². The maximum absolute atomic E-state index is 12.7. The van der Waals surface area contributed by atoms with E-state index in [1.54, 1.807) is 24.4 Å². The number of amides is 1. The average molecular weight is 550 g/mol. The van der Waals surface area contributed by atoms with Crippen LogP contribution in [-0.4, -0.2) is 27.9 Å². The number of hydrogen-bond acceptors (Lipinski definition) is 4. The topological polar surface area (TPSA) is 72.7 Å².